The Bertz CT molecular complexity index is 362. The number of hydrogen-bond donors (Lipinski definition) is 0. The second-order valence-corrected chi connectivity index (χ2v) is 3.15. The number of benzene rings is 1. The fourth-order valence-electron chi connectivity index (χ4n) is 1.32. The molecule has 0 saturated heterocycles. The molecule has 2 aromatic rings. The first-order valence-electron chi connectivity index (χ1n) is 4.73. The van der Waals surface area contributed by atoms with Crippen LogP contribution in [0.5, 0.6) is 0 Å². The first-order valence-corrected chi connectivity index (χ1v) is 4.73. The summed E-state index contributed by atoms with van der Waals surface area (Å²) in [4.78, 5) is 0. The number of hydrogen-bond acceptors (Lipinski definition) is 0. The first-order chi connectivity index (χ1) is 6.95. The van der Waals surface area contributed by atoms with Crippen molar-refractivity contribution in [2.24, 2.45) is 0 Å². The Balaban J connectivity index is 2.16. The number of rotatable bonds is 2. The summed E-state index contributed by atoms with van der Waals surface area (Å²) in [5.74, 6) is 2.05. The van der Waals surface area contributed by atoms with E-state index in [1.165, 1.54) is 11.0 Å². The zero-order valence-corrected chi connectivity index (χ0v) is 7.93. The standard InChI is InChI=1S/C13H11B/c1-2-6-12(7-3-1)9-10-13-8-4-5-11-14-13/h1-11H. The van der Waals surface area contributed by atoms with Gasteiger partial charge in [-0.25, -0.2) is 0 Å². The summed E-state index contributed by atoms with van der Waals surface area (Å²) in [6.45, 7) is 2.10. The molecule has 66 valence electrons. The van der Waals surface area contributed by atoms with E-state index in [1.54, 1.807) is 0 Å². The molecule has 0 spiro atoms. The van der Waals surface area contributed by atoms with Crippen LogP contribution in [0, 0.1) is 0 Å². The van der Waals surface area contributed by atoms with Crippen LogP contribution in [0.4, 0.5) is 0 Å². The molecule has 1 aromatic heterocycles. The Labute approximate surface area is 85.1 Å². The summed E-state index contributed by atoms with van der Waals surface area (Å²) >= 11 is 0. The summed E-state index contributed by atoms with van der Waals surface area (Å²) in [6.07, 6.45) is 4.24. The van der Waals surface area contributed by atoms with Crippen molar-refractivity contribution >= 4 is 19.1 Å². The van der Waals surface area contributed by atoms with Gasteiger partial charge in [0, 0.05) is 0 Å². The molecule has 0 aliphatic heterocycles. The van der Waals surface area contributed by atoms with Gasteiger partial charge in [0.25, 0.3) is 0 Å². The average Bonchev–Trinajstić information content (AvgIpc) is 2.29. The Kier molecular flexibility index (Phi) is 2.92. The monoisotopic (exact) mass is 178 g/mol. The summed E-state index contributed by atoms with van der Waals surface area (Å²) in [5, 5.41) is 0. The van der Waals surface area contributed by atoms with Crippen LogP contribution in [0.2, 0.25) is 0 Å². The third kappa shape index (κ3) is 2.43. The van der Waals surface area contributed by atoms with Crippen LogP contribution in [0.25, 0.3) is 12.2 Å². The van der Waals surface area contributed by atoms with Crippen molar-refractivity contribution in [2.45, 2.75) is 0 Å². The van der Waals surface area contributed by atoms with Crippen molar-refractivity contribution in [1.82, 2.24) is 0 Å². The van der Waals surface area contributed by atoms with Gasteiger partial charge in [-0.05, 0) is 0 Å². The van der Waals surface area contributed by atoms with E-state index >= 15 is 0 Å². The second kappa shape index (κ2) is 4.57. The molecule has 1 heteroatoms. The molecule has 0 fully saturated rings. The van der Waals surface area contributed by atoms with Gasteiger partial charge in [-0.1, -0.05) is 0 Å². The molecule has 0 N–H and O–H groups in total. The molecular formula is C13H11B. The summed E-state index contributed by atoms with van der Waals surface area (Å²) in [5.41, 5.74) is 2.47. The van der Waals surface area contributed by atoms with Gasteiger partial charge in [0.2, 0.25) is 0 Å². The zero-order chi connectivity index (χ0) is 9.64. The van der Waals surface area contributed by atoms with E-state index < -0.39 is 0 Å². The van der Waals surface area contributed by atoms with Crippen molar-refractivity contribution in [2.75, 3.05) is 0 Å². The Hall–Kier alpha value is -1.63. The van der Waals surface area contributed by atoms with Crippen LogP contribution in [-0.4, -0.2) is 6.91 Å². The molecule has 14 heavy (non-hydrogen) atoms. The quantitative estimate of drug-likeness (QED) is 0.662. The van der Waals surface area contributed by atoms with Crippen molar-refractivity contribution in [1.29, 1.82) is 0 Å². The molecule has 0 aliphatic rings. The Morgan fingerprint density at radius 3 is 2.29 bits per heavy atom. The van der Waals surface area contributed by atoms with Gasteiger partial charge in [-0.3, -0.25) is 0 Å². The third-order valence-corrected chi connectivity index (χ3v) is 2.07. The van der Waals surface area contributed by atoms with E-state index in [0.29, 0.717) is 0 Å². The SMILES string of the molecule is b1ccccc1C=Cc1ccccc1. The molecule has 0 saturated carbocycles. The molecule has 0 unspecified atom stereocenters. The van der Waals surface area contributed by atoms with Gasteiger partial charge in [0.05, 0.1) is 0 Å². The van der Waals surface area contributed by atoms with Crippen LogP contribution >= 0.6 is 0 Å². The molecule has 0 radical (unpaired) electrons. The zero-order valence-electron chi connectivity index (χ0n) is 7.93. The molecule has 2 rings (SSSR count). The van der Waals surface area contributed by atoms with Crippen molar-refractivity contribution in [3.63, 3.8) is 0 Å². The van der Waals surface area contributed by atoms with E-state index in [9.17, 15) is 0 Å². The average molecular weight is 178 g/mol. The van der Waals surface area contributed by atoms with Gasteiger partial charge >= 0.3 is 84.6 Å². The summed E-state index contributed by atoms with van der Waals surface area (Å²) in [6, 6.07) is 16.5. The molecule has 1 aromatic carbocycles. The van der Waals surface area contributed by atoms with Crippen molar-refractivity contribution < 1.29 is 0 Å². The molecule has 0 amide bonds. The molecule has 0 bridgehead atoms. The molecule has 0 atom stereocenters. The van der Waals surface area contributed by atoms with Gasteiger partial charge in [0.15, 0.2) is 0 Å². The van der Waals surface area contributed by atoms with Crippen molar-refractivity contribution in [3.05, 3.63) is 65.5 Å². The third-order valence-electron chi connectivity index (χ3n) is 2.07. The van der Waals surface area contributed by atoms with E-state index in [1.807, 2.05) is 36.3 Å². The maximum absolute atomic E-state index is 2.12. The van der Waals surface area contributed by atoms with Gasteiger partial charge < -0.3 is 0 Å². The minimum absolute atomic E-state index is 1.23. The van der Waals surface area contributed by atoms with Crippen LogP contribution in [0.15, 0.2) is 54.5 Å². The normalized spacial score (nSPS) is 10.3. The fourth-order valence-corrected chi connectivity index (χ4v) is 1.32. The predicted molar refractivity (Wildman–Crippen MR) is 63.2 cm³/mol. The van der Waals surface area contributed by atoms with E-state index in [0.717, 1.165) is 0 Å². The Morgan fingerprint density at radius 1 is 0.786 bits per heavy atom. The van der Waals surface area contributed by atoms with E-state index in [2.05, 4.69) is 37.3 Å². The van der Waals surface area contributed by atoms with Gasteiger partial charge in [-0.2, -0.15) is 0 Å². The summed E-state index contributed by atoms with van der Waals surface area (Å²) in [7, 11) is 0. The van der Waals surface area contributed by atoms with Crippen LogP contribution in [0.1, 0.15) is 11.0 Å². The topological polar surface area (TPSA) is 0 Å². The maximum atomic E-state index is 2.12. The minimum atomic E-state index is 1.23. The fraction of sp³-hybridized carbons (Fsp3) is 0. The summed E-state index contributed by atoms with van der Waals surface area (Å²) < 4.78 is 0. The first kappa shape index (κ1) is 8.95. The van der Waals surface area contributed by atoms with Crippen LogP contribution in [-0.2, 0) is 0 Å². The molecular weight excluding hydrogens is 167 g/mol. The van der Waals surface area contributed by atoms with E-state index in [4.69, 9.17) is 0 Å². The van der Waals surface area contributed by atoms with Crippen LogP contribution < -0.4 is 0 Å². The van der Waals surface area contributed by atoms with Crippen molar-refractivity contribution in [3.8, 4) is 0 Å². The molecule has 0 nitrogen and oxygen atoms in total. The molecule has 1 heterocycles. The molecule has 0 aliphatic carbocycles. The van der Waals surface area contributed by atoms with Gasteiger partial charge in [-0.15, -0.1) is 0 Å². The predicted octanol–water partition coefficient (Wildman–Crippen LogP) is 3.20. The second-order valence-electron chi connectivity index (χ2n) is 3.15. The van der Waals surface area contributed by atoms with Crippen LogP contribution in [0.3, 0.4) is 0 Å². The van der Waals surface area contributed by atoms with Gasteiger partial charge in [0.1, 0.15) is 0 Å². The Morgan fingerprint density at radius 2 is 1.57 bits per heavy atom. The van der Waals surface area contributed by atoms with E-state index in [-0.39, 0.29) is 0 Å².